The smallest absolute Gasteiger partial charge is 0.411 e. The molecule has 1 heterocycles. The molecule has 1 amide bonds. The lowest BCUT2D eigenvalue weighted by Gasteiger charge is -2.36. The lowest BCUT2D eigenvalue weighted by molar-refractivity contribution is -0.153. The van der Waals surface area contributed by atoms with Gasteiger partial charge in [0.25, 0.3) is 0 Å². The van der Waals surface area contributed by atoms with E-state index in [-0.39, 0.29) is 32.1 Å². The second kappa shape index (κ2) is 11.2. The van der Waals surface area contributed by atoms with Crippen LogP contribution in [0.15, 0.2) is 78.9 Å². The summed E-state index contributed by atoms with van der Waals surface area (Å²) in [5.74, 6) is -0.958. The maximum absolute atomic E-state index is 13.9. The first-order chi connectivity index (χ1) is 17.4. The summed E-state index contributed by atoms with van der Waals surface area (Å²) in [4.78, 5) is 27.0. The molecule has 0 unspecified atom stereocenters. The van der Waals surface area contributed by atoms with Crippen LogP contribution in [0.3, 0.4) is 0 Å². The number of carbonyl (C=O) groups is 2. The Morgan fingerprint density at radius 2 is 1.69 bits per heavy atom. The lowest BCUT2D eigenvalue weighted by atomic mass is 9.98. The van der Waals surface area contributed by atoms with E-state index >= 15 is 0 Å². The molecule has 4 rings (SSSR count). The number of carbonyl (C=O) groups excluding carboxylic acids is 1. The zero-order valence-electron chi connectivity index (χ0n) is 19.9. The van der Waals surface area contributed by atoms with Crippen LogP contribution in [0.1, 0.15) is 35.6 Å². The van der Waals surface area contributed by atoms with Crippen LogP contribution in [0.4, 0.5) is 9.18 Å². The van der Waals surface area contributed by atoms with Gasteiger partial charge in [-0.2, -0.15) is 0 Å². The van der Waals surface area contributed by atoms with Gasteiger partial charge in [-0.3, -0.25) is 4.90 Å². The Balaban J connectivity index is 1.53. The van der Waals surface area contributed by atoms with Crippen LogP contribution in [0.25, 0.3) is 0 Å². The van der Waals surface area contributed by atoms with Crippen molar-refractivity contribution in [1.82, 2.24) is 4.90 Å². The van der Waals surface area contributed by atoms with Crippen LogP contribution in [-0.2, 0) is 27.5 Å². The Morgan fingerprint density at radius 1 is 1.00 bits per heavy atom. The average Bonchev–Trinajstić information content (AvgIpc) is 3.28. The second-order valence-electron chi connectivity index (χ2n) is 8.68. The Morgan fingerprint density at radius 3 is 2.36 bits per heavy atom. The molecule has 1 aliphatic rings. The van der Waals surface area contributed by atoms with Gasteiger partial charge in [-0.1, -0.05) is 60.7 Å². The van der Waals surface area contributed by atoms with Crippen molar-refractivity contribution in [2.45, 2.75) is 37.6 Å². The number of hydrogen-bond donors (Lipinski definition) is 1. The predicted molar refractivity (Wildman–Crippen MR) is 130 cm³/mol. The number of ether oxygens (including phenoxy) is 3. The van der Waals surface area contributed by atoms with E-state index in [0.717, 1.165) is 11.1 Å². The lowest BCUT2D eigenvalue weighted by Crippen LogP contribution is -2.56. The number of likely N-dealkylation sites (tertiary alicyclic amines) is 1. The molecule has 1 N–H and O–H groups in total. The molecule has 8 heteroatoms. The summed E-state index contributed by atoms with van der Waals surface area (Å²) in [5, 5.41) is 10.1. The van der Waals surface area contributed by atoms with E-state index in [1.807, 2.05) is 30.3 Å². The number of carboxylic acid groups (broad SMARTS) is 1. The monoisotopic (exact) mass is 493 g/mol. The first-order valence-corrected chi connectivity index (χ1v) is 11.6. The molecule has 36 heavy (non-hydrogen) atoms. The number of nitrogens with zero attached hydrogens (tertiary/aromatic N) is 1. The maximum Gasteiger partial charge on any atom is 0.411 e. The fraction of sp³-hybridized carbons (Fsp3) is 0.286. The minimum atomic E-state index is -1.55. The fourth-order valence-corrected chi connectivity index (χ4v) is 4.54. The van der Waals surface area contributed by atoms with Crippen molar-refractivity contribution in [2.24, 2.45) is 0 Å². The third-order valence-electron chi connectivity index (χ3n) is 6.40. The fourth-order valence-electron chi connectivity index (χ4n) is 4.54. The standard InChI is InChI=1S/C28H28FNO6/c1-34-19-28(26(31)32)16-15-25(30(28)27(33)36-17-20-7-3-2-4-8-20)21-11-13-23(14-12-21)35-18-22-9-5-6-10-24(22)29/h2-14,25H,15-19H2,1H3,(H,31,32)/t25-,28-/m1/s1. The summed E-state index contributed by atoms with van der Waals surface area (Å²) in [6, 6.07) is 22.1. The second-order valence-corrected chi connectivity index (χ2v) is 8.68. The molecule has 3 aromatic rings. The molecule has 0 spiro atoms. The average molecular weight is 494 g/mol. The zero-order valence-corrected chi connectivity index (χ0v) is 19.9. The number of hydrogen-bond acceptors (Lipinski definition) is 5. The van der Waals surface area contributed by atoms with Crippen LogP contribution in [-0.4, -0.2) is 41.3 Å². The highest BCUT2D eigenvalue weighted by atomic mass is 19.1. The Labute approximate surface area is 209 Å². The number of rotatable bonds is 9. The number of carboxylic acids is 1. The third kappa shape index (κ3) is 5.33. The van der Waals surface area contributed by atoms with Gasteiger partial charge in [0.2, 0.25) is 0 Å². The van der Waals surface area contributed by atoms with E-state index in [1.54, 1.807) is 42.5 Å². The summed E-state index contributed by atoms with van der Waals surface area (Å²) < 4.78 is 30.4. The van der Waals surface area contributed by atoms with E-state index in [0.29, 0.717) is 17.7 Å². The zero-order chi connectivity index (χ0) is 25.5. The van der Waals surface area contributed by atoms with Gasteiger partial charge in [0.15, 0.2) is 5.54 Å². The molecular formula is C28H28FNO6. The molecule has 188 valence electrons. The highest BCUT2D eigenvalue weighted by molar-refractivity contribution is 5.86. The van der Waals surface area contributed by atoms with Crippen LogP contribution in [0.5, 0.6) is 5.75 Å². The van der Waals surface area contributed by atoms with Crippen molar-refractivity contribution < 1.29 is 33.3 Å². The van der Waals surface area contributed by atoms with E-state index in [4.69, 9.17) is 14.2 Å². The quantitative estimate of drug-likeness (QED) is 0.433. The van der Waals surface area contributed by atoms with Crippen molar-refractivity contribution in [3.8, 4) is 5.75 Å². The van der Waals surface area contributed by atoms with Crippen molar-refractivity contribution in [2.75, 3.05) is 13.7 Å². The van der Waals surface area contributed by atoms with Gasteiger partial charge in [-0.25, -0.2) is 14.0 Å². The van der Waals surface area contributed by atoms with Crippen molar-refractivity contribution >= 4 is 12.1 Å². The van der Waals surface area contributed by atoms with Gasteiger partial charge in [-0.05, 0) is 42.2 Å². The number of benzene rings is 3. The summed E-state index contributed by atoms with van der Waals surface area (Å²) in [6.07, 6.45) is -0.0843. The molecule has 1 fully saturated rings. The van der Waals surface area contributed by atoms with Gasteiger partial charge in [0.05, 0.1) is 12.6 Å². The van der Waals surface area contributed by atoms with Crippen molar-refractivity contribution in [3.05, 3.63) is 101 Å². The Hall–Kier alpha value is -3.91. The largest absolute Gasteiger partial charge is 0.489 e. The third-order valence-corrected chi connectivity index (χ3v) is 6.40. The Kier molecular flexibility index (Phi) is 7.85. The van der Waals surface area contributed by atoms with Crippen LogP contribution >= 0.6 is 0 Å². The highest BCUT2D eigenvalue weighted by Crippen LogP contribution is 2.44. The molecule has 0 aromatic heterocycles. The van der Waals surface area contributed by atoms with Crippen molar-refractivity contribution in [3.63, 3.8) is 0 Å². The van der Waals surface area contributed by atoms with Gasteiger partial charge in [0.1, 0.15) is 24.8 Å². The number of amides is 1. The van der Waals surface area contributed by atoms with E-state index in [1.165, 1.54) is 18.1 Å². The van der Waals surface area contributed by atoms with Crippen LogP contribution < -0.4 is 4.74 Å². The van der Waals surface area contributed by atoms with Gasteiger partial charge >= 0.3 is 12.1 Å². The molecule has 1 aliphatic heterocycles. The van der Waals surface area contributed by atoms with Gasteiger partial charge in [-0.15, -0.1) is 0 Å². The maximum atomic E-state index is 13.9. The molecule has 7 nitrogen and oxygen atoms in total. The van der Waals surface area contributed by atoms with E-state index in [9.17, 15) is 19.1 Å². The molecule has 0 saturated carbocycles. The summed E-state index contributed by atoms with van der Waals surface area (Å²) >= 11 is 0. The minimum absolute atomic E-state index is 0.0222. The summed E-state index contributed by atoms with van der Waals surface area (Å²) in [6.45, 7) is -0.0686. The number of aliphatic carboxylic acids is 1. The predicted octanol–water partition coefficient (Wildman–Crippen LogP) is 5.35. The molecule has 0 aliphatic carbocycles. The van der Waals surface area contributed by atoms with E-state index < -0.39 is 23.6 Å². The van der Waals surface area contributed by atoms with Crippen LogP contribution in [0.2, 0.25) is 0 Å². The minimum Gasteiger partial charge on any atom is -0.489 e. The molecule has 0 bridgehead atoms. The van der Waals surface area contributed by atoms with Crippen molar-refractivity contribution in [1.29, 1.82) is 0 Å². The normalized spacial score (nSPS) is 19.2. The SMILES string of the molecule is COC[C@@]1(C(=O)O)CC[C@H](c2ccc(OCc3ccccc3F)cc2)N1C(=O)OCc1ccccc1. The first kappa shape index (κ1) is 25.2. The van der Waals surface area contributed by atoms with Gasteiger partial charge < -0.3 is 19.3 Å². The molecular weight excluding hydrogens is 465 g/mol. The molecule has 0 radical (unpaired) electrons. The molecule has 1 saturated heterocycles. The number of methoxy groups -OCH3 is 1. The number of halogens is 1. The topological polar surface area (TPSA) is 85.3 Å². The highest BCUT2D eigenvalue weighted by Gasteiger charge is 2.55. The van der Waals surface area contributed by atoms with E-state index in [2.05, 4.69) is 0 Å². The van der Waals surface area contributed by atoms with Gasteiger partial charge in [0, 0.05) is 12.7 Å². The summed E-state index contributed by atoms with van der Waals surface area (Å²) in [7, 11) is 1.41. The Bertz CT molecular complexity index is 1190. The van der Waals surface area contributed by atoms with Crippen LogP contribution in [0, 0.1) is 5.82 Å². The molecule has 2 atom stereocenters. The first-order valence-electron chi connectivity index (χ1n) is 11.6. The molecule has 3 aromatic carbocycles. The summed E-state index contributed by atoms with van der Waals surface area (Å²) in [5.41, 5.74) is 0.429.